The quantitative estimate of drug-likeness (QED) is 0.378. The van der Waals surface area contributed by atoms with E-state index in [1.54, 1.807) is 6.92 Å². The Labute approximate surface area is 152 Å². The first-order valence-corrected chi connectivity index (χ1v) is 7.88. The lowest BCUT2D eigenvalue weighted by Crippen LogP contribution is -1.96. The molecule has 0 fully saturated rings. The van der Waals surface area contributed by atoms with Crippen molar-refractivity contribution in [3.8, 4) is 0 Å². The molecule has 0 saturated heterocycles. The largest absolute Gasteiger partial charge is 0.354 e. The number of benzene rings is 3. The van der Waals surface area contributed by atoms with E-state index >= 15 is 0 Å². The minimum atomic E-state index is 0. The molecule has 0 atom stereocenters. The maximum Gasteiger partial charge on any atom is 0.159 e. The van der Waals surface area contributed by atoms with E-state index in [-0.39, 0.29) is 18.2 Å². The van der Waals surface area contributed by atoms with Crippen molar-refractivity contribution < 1.29 is 4.79 Å². The van der Waals surface area contributed by atoms with Gasteiger partial charge in [0.25, 0.3) is 0 Å². The molecule has 1 aromatic heterocycles. The second kappa shape index (κ2) is 6.91. The van der Waals surface area contributed by atoms with Crippen molar-refractivity contribution in [2.45, 2.75) is 6.92 Å². The molecule has 3 aromatic carbocycles. The molecule has 4 heteroatoms. The van der Waals surface area contributed by atoms with Crippen LogP contribution in [0.25, 0.3) is 21.8 Å². The number of pyridine rings is 1. The number of para-hydroxylation sites is 2. The fourth-order valence-electron chi connectivity index (χ4n) is 2.91. The molecule has 0 bridgehead atoms. The van der Waals surface area contributed by atoms with Gasteiger partial charge in [0.2, 0.25) is 0 Å². The third-order valence-electron chi connectivity index (χ3n) is 4.15. The fraction of sp³-hybridized carbons (Fsp3) is 0.0476. The summed E-state index contributed by atoms with van der Waals surface area (Å²) >= 11 is 0. The van der Waals surface area contributed by atoms with Gasteiger partial charge in [0.15, 0.2) is 5.78 Å². The zero-order chi connectivity index (χ0) is 16.5. The van der Waals surface area contributed by atoms with Gasteiger partial charge in [0, 0.05) is 22.0 Å². The van der Waals surface area contributed by atoms with Crippen molar-refractivity contribution in [3.63, 3.8) is 0 Å². The minimum absolute atomic E-state index is 0. The molecule has 1 N–H and O–H groups in total. The Hall–Kier alpha value is -2.91. The van der Waals surface area contributed by atoms with Gasteiger partial charge in [-0.3, -0.25) is 4.79 Å². The average molecular weight is 349 g/mol. The lowest BCUT2D eigenvalue weighted by atomic mass is 10.1. The SMILES string of the molecule is CC(=O)c1ccc(Nc2c3ccccc3nc3ccccc23)cc1.Cl. The van der Waals surface area contributed by atoms with E-state index in [4.69, 9.17) is 4.98 Å². The average Bonchev–Trinajstić information content (AvgIpc) is 2.62. The van der Waals surface area contributed by atoms with Crippen molar-refractivity contribution in [2.75, 3.05) is 5.32 Å². The number of anilines is 2. The normalized spacial score (nSPS) is 10.4. The summed E-state index contributed by atoms with van der Waals surface area (Å²) in [7, 11) is 0. The van der Waals surface area contributed by atoms with Crippen LogP contribution in [0.2, 0.25) is 0 Å². The van der Waals surface area contributed by atoms with E-state index in [0.29, 0.717) is 5.56 Å². The zero-order valence-electron chi connectivity index (χ0n) is 13.7. The first-order valence-electron chi connectivity index (χ1n) is 7.88. The van der Waals surface area contributed by atoms with E-state index in [2.05, 4.69) is 17.4 Å². The Balaban J connectivity index is 0.00000182. The number of ketones is 1. The summed E-state index contributed by atoms with van der Waals surface area (Å²) in [5, 5.41) is 5.66. The molecule has 3 nitrogen and oxygen atoms in total. The highest BCUT2D eigenvalue weighted by molar-refractivity contribution is 6.08. The van der Waals surface area contributed by atoms with E-state index in [9.17, 15) is 4.79 Å². The number of halogens is 1. The number of carbonyl (C=O) groups excluding carboxylic acids is 1. The molecule has 0 amide bonds. The Bertz CT molecular complexity index is 1000. The molecule has 0 radical (unpaired) electrons. The van der Waals surface area contributed by atoms with Gasteiger partial charge in [-0.15, -0.1) is 12.4 Å². The number of Topliss-reactive ketones (excluding diaryl/α,β-unsaturated/α-hetero) is 1. The Morgan fingerprint density at radius 1 is 0.800 bits per heavy atom. The molecule has 1 heterocycles. The number of hydrogen-bond donors (Lipinski definition) is 1. The predicted molar refractivity (Wildman–Crippen MR) is 106 cm³/mol. The van der Waals surface area contributed by atoms with Gasteiger partial charge in [-0.2, -0.15) is 0 Å². The topological polar surface area (TPSA) is 42.0 Å². The zero-order valence-corrected chi connectivity index (χ0v) is 14.5. The monoisotopic (exact) mass is 348 g/mol. The van der Waals surface area contributed by atoms with Gasteiger partial charge in [0.1, 0.15) is 0 Å². The van der Waals surface area contributed by atoms with E-state index in [1.165, 1.54) is 0 Å². The highest BCUT2D eigenvalue weighted by atomic mass is 35.5. The Morgan fingerprint density at radius 2 is 1.32 bits per heavy atom. The fourth-order valence-corrected chi connectivity index (χ4v) is 2.91. The lowest BCUT2D eigenvalue weighted by molar-refractivity contribution is 0.101. The summed E-state index contributed by atoms with van der Waals surface area (Å²) in [5.74, 6) is 0.0707. The van der Waals surface area contributed by atoms with Crippen LogP contribution in [0.5, 0.6) is 0 Å². The van der Waals surface area contributed by atoms with Crippen LogP contribution in [0, 0.1) is 0 Å². The van der Waals surface area contributed by atoms with Gasteiger partial charge >= 0.3 is 0 Å². The molecule has 0 spiro atoms. The summed E-state index contributed by atoms with van der Waals surface area (Å²) in [6.45, 7) is 1.58. The van der Waals surface area contributed by atoms with E-state index in [1.807, 2.05) is 60.7 Å². The summed E-state index contributed by atoms with van der Waals surface area (Å²) in [6, 6.07) is 23.8. The number of rotatable bonds is 3. The summed E-state index contributed by atoms with van der Waals surface area (Å²) in [6.07, 6.45) is 0. The van der Waals surface area contributed by atoms with Gasteiger partial charge < -0.3 is 5.32 Å². The van der Waals surface area contributed by atoms with Crippen LogP contribution < -0.4 is 5.32 Å². The van der Waals surface area contributed by atoms with Gasteiger partial charge in [0.05, 0.1) is 16.7 Å². The Kier molecular flexibility index (Phi) is 4.68. The number of carbonyl (C=O) groups is 1. The van der Waals surface area contributed by atoms with Crippen LogP contribution in [0.4, 0.5) is 11.4 Å². The first-order chi connectivity index (χ1) is 11.7. The summed E-state index contributed by atoms with van der Waals surface area (Å²) < 4.78 is 0. The van der Waals surface area contributed by atoms with Crippen LogP contribution in [0.1, 0.15) is 17.3 Å². The first kappa shape index (κ1) is 16.9. The predicted octanol–water partition coefficient (Wildman–Crippen LogP) is 5.76. The number of hydrogen-bond acceptors (Lipinski definition) is 3. The second-order valence-electron chi connectivity index (χ2n) is 5.78. The van der Waals surface area contributed by atoms with Crippen LogP contribution in [-0.2, 0) is 0 Å². The second-order valence-corrected chi connectivity index (χ2v) is 5.78. The maximum absolute atomic E-state index is 11.4. The van der Waals surface area contributed by atoms with Crippen LogP contribution in [-0.4, -0.2) is 10.8 Å². The lowest BCUT2D eigenvalue weighted by Gasteiger charge is -2.13. The molecular formula is C21H17ClN2O. The van der Waals surface area contributed by atoms with Crippen molar-refractivity contribution in [1.82, 2.24) is 4.98 Å². The molecule has 4 aromatic rings. The van der Waals surface area contributed by atoms with Gasteiger partial charge in [-0.1, -0.05) is 36.4 Å². The number of fused-ring (bicyclic) bond motifs is 2. The standard InChI is InChI=1S/C21H16N2O.ClH/c1-14(24)15-10-12-16(13-11-15)22-21-17-6-2-4-8-19(17)23-20-9-5-3-7-18(20)21;/h2-13H,1H3,(H,22,23);1H. The van der Waals surface area contributed by atoms with Gasteiger partial charge in [-0.05, 0) is 43.3 Å². The summed E-state index contributed by atoms with van der Waals surface area (Å²) in [4.78, 5) is 16.2. The van der Waals surface area contributed by atoms with Crippen molar-refractivity contribution in [2.24, 2.45) is 0 Å². The molecule has 4 rings (SSSR count). The molecule has 0 aliphatic rings. The molecule has 0 aliphatic heterocycles. The third-order valence-corrected chi connectivity index (χ3v) is 4.15. The molecule has 0 aliphatic carbocycles. The number of nitrogens with zero attached hydrogens (tertiary/aromatic N) is 1. The molecule has 124 valence electrons. The number of nitrogens with one attached hydrogen (secondary N) is 1. The van der Waals surface area contributed by atoms with Gasteiger partial charge in [-0.25, -0.2) is 4.98 Å². The Morgan fingerprint density at radius 3 is 1.84 bits per heavy atom. The maximum atomic E-state index is 11.4. The van der Waals surface area contributed by atoms with Crippen LogP contribution in [0.3, 0.4) is 0 Å². The van der Waals surface area contributed by atoms with Crippen LogP contribution in [0.15, 0.2) is 72.8 Å². The number of aromatic nitrogens is 1. The van der Waals surface area contributed by atoms with Crippen molar-refractivity contribution in [3.05, 3.63) is 78.4 Å². The molecule has 25 heavy (non-hydrogen) atoms. The highest BCUT2D eigenvalue weighted by Gasteiger charge is 2.09. The van der Waals surface area contributed by atoms with Crippen LogP contribution >= 0.6 is 12.4 Å². The summed E-state index contributed by atoms with van der Waals surface area (Å²) in [5.41, 5.74) is 4.61. The van der Waals surface area contributed by atoms with E-state index < -0.39 is 0 Å². The smallest absolute Gasteiger partial charge is 0.159 e. The third kappa shape index (κ3) is 3.19. The molecular weight excluding hydrogens is 332 g/mol. The van der Waals surface area contributed by atoms with Crippen molar-refractivity contribution in [1.29, 1.82) is 0 Å². The van der Waals surface area contributed by atoms with Crippen molar-refractivity contribution >= 4 is 51.4 Å². The molecule has 0 saturated carbocycles. The highest BCUT2D eigenvalue weighted by Crippen LogP contribution is 2.32. The van der Waals surface area contributed by atoms with E-state index in [0.717, 1.165) is 33.2 Å². The minimum Gasteiger partial charge on any atom is -0.354 e. The molecule has 0 unspecified atom stereocenters.